The topological polar surface area (TPSA) is 108 Å². The van der Waals surface area contributed by atoms with Crippen molar-refractivity contribution in [3.8, 4) is 11.9 Å². The van der Waals surface area contributed by atoms with Crippen LogP contribution >= 0.6 is 0 Å². The molecule has 8 nitrogen and oxygen atoms in total. The molecule has 0 spiro atoms. The fraction of sp³-hybridized carbons (Fsp3) is 0.240. The van der Waals surface area contributed by atoms with E-state index < -0.39 is 43.3 Å². The first-order chi connectivity index (χ1) is 16.8. The van der Waals surface area contributed by atoms with E-state index >= 15 is 0 Å². The summed E-state index contributed by atoms with van der Waals surface area (Å²) in [6.45, 7) is -1.33. The minimum Gasteiger partial charge on any atom is -0.481 e. The zero-order valence-corrected chi connectivity index (χ0v) is 18.7. The van der Waals surface area contributed by atoms with Crippen LogP contribution in [0.1, 0.15) is 27.9 Å². The second-order valence-electron chi connectivity index (χ2n) is 8.01. The van der Waals surface area contributed by atoms with Gasteiger partial charge in [0.05, 0.1) is 37.3 Å². The average Bonchev–Trinajstić information content (AvgIpc) is 3.20. The Morgan fingerprint density at radius 3 is 2.71 bits per heavy atom. The van der Waals surface area contributed by atoms with Gasteiger partial charge in [0.1, 0.15) is 6.04 Å². The number of nitrogens with one attached hydrogen (secondary N) is 1. The van der Waals surface area contributed by atoms with Crippen molar-refractivity contribution in [1.82, 2.24) is 20.2 Å². The van der Waals surface area contributed by atoms with E-state index in [-0.39, 0.29) is 5.56 Å². The highest BCUT2D eigenvalue weighted by Crippen LogP contribution is 2.31. The molecule has 1 saturated heterocycles. The smallest absolute Gasteiger partial charge is 0.268 e. The van der Waals surface area contributed by atoms with Gasteiger partial charge in [-0.1, -0.05) is 18.2 Å². The summed E-state index contributed by atoms with van der Waals surface area (Å²) in [6, 6.07) is 11.0. The number of aromatic nitrogens is 2. The van der Waals surface area contributed by atoms with Gasteiger partial charge >= 0.3 is 0 Å². The first kappa shape index (κ1) is 23.8. The number of benzene rings is 1. The number of hydrogen-bond donors (Lipinski definition) is 1. The van der Waals surface area contributed by atoms with Crippen molar-refractivity contribution >= 4 is 34.9 Å². The van der Waals surface area contributed by atoms with E-state index in [1.165, 1.54) is 12.3 Å². The molecule has 2 aromatic heterocycles. The van der Waals surface area contributed by atoms with Crippen molar-refractivity contribution in [1.29, 1.82) is 5.26 Å². The Bertz CT molecular complexity index is 1340. The van der Waals surface area contributed by atoms with Crippen molar-refractivity contribution in [2.75, 3.05) is 20.2 Å². The largest absolute Gasteiger partial charge is 0.481 e. The highest BCUT2D eigenvalue weighted by atomic mass is 19.3. The average molecular weight is 477 g/mol. The van der Waals surface area contributed by atoms with Crippen LogP contribution in [0.25, 0.3) is 23.1 Å². The molecule has 3 aromatic rings. The number of likely N-dealkylation sites (tertiary alicyclic amines) is 1. The first-order valence-corrected chi connectivity index (χ1v) is 10.7. The molecule has 0 saturated carbocycles. The lowest BCUT2D eigenvalue weighted by Gasteiger charge is -2.19. The van der Waals surface area contributed by atoms with Gasteiger partial charge in [-0.3, -0.25) is 14.6 Å². The summed E-state index contributed by atoms with van der Waals surface area (Å²) in [5, 5.41) is 12.1. The molecule has 4 rings (SSSR count). The molecule has 1 aromatic carbocycles. The number of carbonyl (C=O) groups excluding carboxylic acids is 2. The highest BCUT2D eigenvalue weighted by molar-refractivity contribution is 6.07. The van der Waals surface area contributed by atoms with E-state index in [4.69, 9.17) is 10.00 Å². The second kappa shape index (κ2) is 9.85. The molecule has 178 valence electrons. The zero-order valence-electron chi connectivity index (χ0n) is 18.7. The molecule has 10 heteroatoms. The van der Waals surface area contributed by atoms with E-state index in [1.807, 2.05) is 24.3 Å². The molecule has 1 aliphatic heterocycles. The Hall–Kier alpha value is -4.39. The fourth-order valence-electron chi connectivity index (χ4n) is 3.82. The maximum absolute atomic E-state index is 13.6. The molecule has 0 aliphatic carbocycles. The molecule has 3 heterocycles. The number of hydrogen-bond acceptors (Lipinski definition) is 6. The van der Waals surface area contributed by atoms with Gasteiger partial charge < -0.3 is 15.0 Å². The number of nitrogens with zero attached hydrogens (tertiary/aromatic N) is 4. The van der Waals surface area contributed by atoms with E-state index in [9.17, 15) is 18.4 Å². The third-order valence-corrected chi connectivity index (χ3v) is 5.59. The predicted octanol–water partition coefficient (Wildman–Crippen LogP) is 3.30. The monoisotopic (exact) mass is 477 g/mol. The number of amides is 2. The van der Waals surface area contributed by atoms with Gasteiger partial charge in [-0.15, -0.1) is 0 Å². The van der Waals surface area contributed by atoms with Crippen LogP contribution in [0.5, 0.6) is 5.88 Å². The van der Waals surface area contributed by atoms with Gasteiger partial charge in [0.15, 0.2) is 0 Å². The Morgan fingerprint density at radius 2 is 2.00 bits per heavy atom. The highest BCUT2D eigenvalue weighted by Gasteiger charge is 2.47. The molecular weight excluding hydrogens is 456 g/mol. The molecule has 0 radical (unpaired) electrons. The third kappa shape index (κ3) is 5.41. The number of fused-ring (bicyclic) bond motifs is 1. The number of methoxy groups -OCH3 is 1. The quantitative estimate of drug-likeness (QED) is 0.584. The van der Waals surface area contributed by atoms with Crippen LogP contribution < -0.4 is 10.1 Å². The lowest BCUT2D eigenvalue weighted by Crippen LogP contribution is -2.43. The summed E-state index contributed by atoms with van der Waals surface area (Å²) < 4.78 is 32.3. The van der Waals surface area contributed by atoms with Crippen LogP contribution in [0, 0.1) is 11.3 Å². The Kier molecular flexibility index (Phi) is 6.68. The second-order valence-corrected chi connectivity index (χ2v) is 8.01. The van der Waals surface area contributed by atoms with Crippen LogP contribution in [-0.4, -0.2) is 58.8 Å². The lowest BCUT2D eigenvalue weighted by atomic mass is 10.0. The number of halogens is 2. The summed E-state index contributed by atoms with van der Waals surface area (Å²) >= 11 is 0. The third-order valence-electron chi connectivity index (χ3n) is 5.59. The van der Waals surface area contributed by atoms with Crippen molar-refractivity contribution in [3.63, 3.8) is 0 Å². The van der Waals surface area contributed by atoms with Crippen LogP contribution in [0.4, 0.5) is 8.78 Å². The summed E-state index contributed by atoms with van der Waals surface area (Å²) in [4.78, 5) is 34.5. The number of ether oxygens (including phenoxy) is 1. The summed E-state index contributed by atoms with van der Waals surface area (Å²) in [5.41, 5.74) is 2.53. The number of alkyl halides is 2. The molecule has 1 fully saturated rings. The van der Waals surface area contributed by atoms with E-state index in [1.54, 1.807) is 37.6 Å². The maximum Gasteiger partial charge on any atom is 0.268 e. The molecule has 0 bridgehead atoms. The number of rotatable bonds is 6. The van der Waals surface area contributed by atoms with Gasteiger partial charge in [-0.2, -0.15) is 5.26 Å². The molecule has 1 aliphatic rings. The lowest BCUT2D eigenvalue weighted by molar-refractivity contribution is -0.131. The fourth-order valence-corrected chi connectivity index (χ4v) is 3.82. The van der Waals surface area contributed by atoms with Crippen LogP contribution in [0.15, 0.2) is 48.8 Å². The van der Waals surface area contributed by atoms with Gasteiger partial charge in [-0.25, -0.2) is 13.8 Å². The molecule has 1 atom stereocenters. The van der Waals surface area contributed by atoms with Crippen LogP contribution in [-0.2, 0) is 4.79 Å². The van der Waals surface area contributed by atoms with Crippen molar-refractivity contribution in [2.24, 2.45) is 0 Å². The Balaban J connectivity index is 1.49. The van der Waals surface area contributed by atoms with Crippen molar-refractivity contribution in [2.45, 2.75) is 18.4 Å². The molecule has 2 amide bonds. The molecule has 1 unspecified atom stereocenters. The van der Waals surface area contributed by atoms with Crippen LogP contribution in [0.3, 0.4) is 0 Å². The van der Waals surface area contributed by atoms with Crippen LogP contribution in [0.2, 0.25) is 0 Å². The SMILES string of the molecule is COc1ccc(C=Cc2ccc3nccc(C(=O)NCC(=O)N4CC(F)(F)CC4C#N)c3c2)cn1. The minimum absolute atomic E-state index is 0.285. The van der Waals surface area contributed by atoms with Crippen molar-refractivity contribution in [3.05, 3.63) is 65.5 Å². The van der Waals surface area contributed by atoms with Gasteiger partial charge in [0.2, 0.25) is 11.8 Å². The Morgan fingerprint density at radius 1 is 1.23 bits per heavy atom. The normalized spacial score (nSPS) is 16.9. The molecule has 35 heavy (non-hydrogen) atoms. The number of pyridine rings is 2. The summed E-state index contributed by atoms with van der Waals surface area (Å²) in [7, 11) is 1.54. The first-order valence-electron chi connectivity index (χ1n) is 10.7. The Labute approximate surface area is 199 Å². The number of nitriles is 1. The van der Waals surface area contributed by atoms with Gasteiger partial charge in [0.25, 0.3) is 11.8 Å². The standard InChI is InChI=1S/C25H21F2N5O3/c1-35-22-7-5-17(13-30-22)3-2-16-4-6-21-20(10-16)19(8-9-29-21)24(34)31-14-23(33)32-15-25(26,27)11-18(32)12-28/h2-10,13,18H,11,14-15H2,1H3,(H,31,34). The van der Waals surface area contributed by atoms with E-state index in [0.717, 1.165) is 16.0 Å². The molecular formula is C25H21F2N5O3. The minimum atomic E-state index is -3.12. The van der Waals surface area contributed by atoms with Gasteiger partial charge in [0, 0.05) is 30.3 Å². The van der Waals surface area contributed by atoms with E-state index in [0.29, 0.717) is 16.8 Å². The zero-order chi connectivity index (χ0) is 25.0. The van der Waals surface area contributed by atoms with E-state index in [2.05, 4.69) is 15.3 Å². The predicted molar refractivity (Wildman–Crippen MR) is 124 cm³/mol. The summed E-state index contributed by atoms with van der Waals surface area (Å²) in [5.74, 6) is -3.90. The maximum atomic E-state index is 13.6. The van der Waals surface area contributed by atoms with Crippen molar-refractivity contribution < 1.29 is 23.1 Å². The van der Waals surface area contributed by atoms with Gasteiger partial charge in [-0.05, 0) is 35.4 Å². The number of carbonyl (C=O) groups is 2. The summed E-state index contributed by atoms with van der Waals surface area (Å²) in [6.07, 6.45) is 6.16. The molecule has 1 N–H and O–H groups in total.